The van der Waals surface area contributed by atoms with Gasteiger partial charge in [-0.2, -0.15) is 0 Å². The Morgan fingerprint density at radius 1 is 1.00 bits per heavy atom. The highest BCUT2D eigenvalue weighted by molar-refractivity contribution is 6.02. The lowest BCUT2D eigenvalue weighted by molar-refractivity contribution is -0.132. The number of rotatable bonds is 6. The van der Waals surface area contributed by atoms with Gasteiger partial charge in [-0.1, -0.05) is 54.1 Å². The van der Waals surface area contributed by atoms with Crippen LogP contribution in [0.3, 0.4) is 0 Å². The van der Waals surface area contributed by atoms with Gasteiger partial charge in [0.25, 0.3) is 0 Å². The Bertz CT molecular complexity index is 1860. The van der Waals surface area contributed by atoms with Gasteiger partial charge in [0.15, 0.2) is 11.5 Å². The van der Waals surface area contributed by atoms with Crippen molar-refractivity contribution in [3.63, 3.8) is 0 Å². The minimum atomic E-state index is -1.15. The Morgan fingerprint density at radius 3 is 2.45 bits per heavy atom. The quantitative estimate of drug-likeness (QED) is 0.273. The molecule has 4 fully saturated rings. The first-order valence-corrected chi connectivity index (χ1v) is 17.0. The third-order valence-electron chi connectivity index (χ3n) is 11.7. The molecule has 4 unspecified atom stereocenters. The van der Waals surface area contributed by atoms with E-state index in [-0.39, 0.29) is 34.6 Å². The summed E-state index contributed by atoms with van der Waals surface area (Å²) in [6.07, 6.45) is 4.67. The highest BCUT2D eigenvalue weighted by Crippen LogP contribution is 2.66. The van der Waals surface area contributed by atoms with Crippen LogP contribution in [0.25, 0.3) is 0 Å². The molecule has 254 valence electrons. The van der Waals surface area contributed by atoms with Gasteiger partial charge in [0.05, 0.1) is 56.2 Å². The fourth-order valence-corrected chi connectivity index (χ4v) is 9.74. The molecule has 1 spiro atoms. The summed E-state index contributed by atoms with van der Waals surface area (Å²) in [6.45, 7) is 4.55. The number of hydrogen-bond donors (Lipinski definition) is 1. The summed E-state index contributed by atoms with van der Waals surface area (Å²) < 4.78 is 22.9. The second-order valence-electron chi connectivity index (χ2n) is 13.8. The molecule has 0 aromatic heterocycles. The standard InChI is InChI=1S/C23H26N2O4.C16H14O4/c1-27-16-8-14-15(9-17(16)28-2)25-20(26)10-18-21-13-7-19-23(14,22(21)25)4-5-24(19)11-12(13)3-6-29-18;1-11(12-7-3-2-4-8-12)20-16(19)14-10-6-5-9-13(14)15(17)18/h3,8-9,13,18-19,21-22H,4-7,10-11H2,1-2H3;2-11H,1H3,(H,17,18)/t13?,18-,19-,21?,22-,23?;/m0./s1. The van der Waals surface area contributed by atoms with Crippen LogP contribution in [0.5, 0.6) is 11.5 Å². The topological polar surface area (TPSA) is 115 Å². The summed E-state index contributed by atoms with van der Waals surface area (Å²) in [5, 5.41) is 9.06. The maximum Gasteiger partial charge on any atom is 0.339 e. The van der Waals surface area contributed by atoms with Crippen molar-refractivity contribution in [1.82, 2.24) is 4.90 Å². The first-order chi connectivity index (χ1) is 23.8. The molecule has 9 rings (SSSR count). The molecule has 10 nitrogen and oxygen atoms in total. The van der Waals surface area contributed by atoms with Gasteiger partial charge in [0.1, 0.15) is 6.10 Å². The van der Waals surface area contributed by atoms with E-state index >= 15 is 0 Å². The molecule has 1 aliphatic carbocycles. The van der Waals surface area contributed by atoms with E-state index < -0.39 is 18.0 Å². The third kappa shape index (κ3) is 4.79. The second-order valence-corrected chi connectivity index (χ2v) is 13.8. The molecule has 6 aliphatic rings. The molecular formula is C39H40N2O8. The van der Waals surface area contributed by atoms with Crippen LogP contribution < -0.4 is 14.4 Å². The van der Waals surface area contributed by atoms with E-state index in [1.165, 1.54) is 24.1 Å². The van der Waals surface area contributed by atoms with E-state index in [1.54, 1.807) is 38.8 Å². The van der Waals surface area contributed by atoms with E-state index in [9.17, 15) is 14.4 Å². The van der Waals surface area contributed by atoms with Gasteiger partial charge in [-0.15, -0.1) is 0 Å². The number of carbonyl (C=O) groups is 3. The van der Waals surface area contributed by atoms with Gasteiger partial charge in [-0.05, 0) is 61.6 Å². The van der Waals surface area contributed by atoms with Crippen LogP contribution in [0.1, 0.15) is 64.1 Å². The Kier molecular flexibility index (Phi) is 7.76. The Morgan fingerprint density at radius 2 is 1.71 bits per heavy atom. The molecule has 2 bridgehead atoms. The second kappa shape index (κ2) is 12.0. The molecule has 7 atom stereocenters. The van der Waals surface area contributed by atoms with Gasteiger partial charge in [-0.3, -0.25) is 9.69 Å². The largest absolute Gasteiger partial charge is 0.493 e. The normalized spacial score (nSPS) is 29.0. The molecule has 3 saturated heterocycles. The zero-order chi connectivity index (χ0) is 34.0. The zero-order valence-electron chi connectivity index (χ0n) is 27.8. The fraction of sp³-hybridized carbons (Fsp3) is 0.410. The van der Waals surface area contributed by atoms with Crippen LogP contribution in [0.4, 0.5) is 5.69 Å². The minimum absolute atomic E-state index is 0.0242. The van der Waals surface area contributed by atoms with Gasteiger partial charge >= 0.3 is 11.9 Å². The Hall–Kier alpha value is -4.67. The van der Waals surface area contributed by atoms with Crippen molar-refractivity contribution >= 4 is 23.5 Å². The number of esters is 1. The van der Waals surface area contributed by atoms with Crippen molar-refractivity contribution in [2.45, 2.75) is 55.9 Å². The molecule has 3 aromatic carbocycles. The number of methoxy groups -OCH3 is 2. The maximum atomic E-state index is 13.5. The lowest BCUT2D eigenvalue weighted by Crippen LogP contribution is -2.69. The SMILES string of the molecule is CC(OC(=O)c1ccccc1C(=O)O)c1ccccc1.COc1cc2c(cc1OC)C13CCN4CC5=CCO[C@H]6CC(=O)N2[C@H]1C6C5C[C@H]43. The van der Waals surface area contributed by atoms with E-state index in [2.05, 4.69) is 21.9 Å². The molecule has 1 amide bonds. The Labute approximate surface area is 285 Å². The molecule has 1 N–H and O–H groups in total. The summed E-state index contributed by atoms with van der Waals surface area (Å²) in [6, 6.07) is 20.2. The summed E-state index contributed by atoms with van der Waals surface area (Å²) in [7, 11) is 3.36. The van der Waals surface area contributed by atoms with Crippen LogP contribution in [0.2, 0.25) is 0 Å². The number of piperidine rings is 2. The van der Waals surface area contributed by atoms with Gasteiger partial charge in [0, 0.05) is 30.0 Å². The van der Waals surface area contributed by atoms with Crippen LogP contribution in [0, 0.1) is 11.8 Å². The van der Waals surface area contributed by atoms with Gasteiger partial charge in [0.2, 0.25) is 5.91 Å². The molecule has 49 heavy (non-hydrogen) atoms. The van der Waals surface area contributed by atoms with Crippen molar-refractivity contribution in [1.29, 1.82) is 0 Å². The first-order valence-electron chi connectivity index (χ1n) is 17.0. The van der Waals surface area contributed by atoms with E-state index in [0.717, 1.165) is 36.5 Å². The number of aromatic carboxylic acids is 1. The zero-order valence-corrected chi connectivity index (χ0v) is 27.8. The van der Waals surface area contributed by atoms with E-state index in [0.29, 0.717) is 36.7 Å². The lowest BCUT2D eigenvalue weighted by Gasteiger charge is -2.58. The minimum Gasteiger partial charge on any atom is -0.493 e. The predicted octanol–water partition coefficient (Wildman–Crippen LogP) is 5.41. The number of carboxylic acids is 1. The van der Waals surface area contributed by atoms with Crippen LogP contribution in [0.15, 0.2) is 78.4 Å². The van der Waals surface area contributed by atoms with Gasteiger partial charge < -0.3 is 29.0 Å². The summed E-state index contributed by atoms with van der Waals surface area (Å²) in [4.78, 5) is 41.4. The number of amides is 1. The molecule has 0 radical (unpaired) electrons. The molecule has 5 heterocycles. The predicted molar refractivity (Wildman–Crippen MR) is 180 cm³/mol. The summed E-state index contributed by atoms with van der Waals surface area (Å²) >= 11 is 0. The molecule has 1 saturated carbocycles. The average molecular weight is 665 g/mol. The number of ether oxygens (including phenoxy) is 4. The molecule has 10 heteroatoms. The van der Waals surface area contributed by atoms with Crippen molar-refractivity contribution in [3.05, 3.63) is 101 Å². The van der Waals surface area contributed by atoms with Crippen molar-refractivity contribution in [2.75, 3.05) is 38.8 Å². The number of anilines is 1. The molecular weight excluding hydrogens is 624 g/mol. The van der Waals surface area contributed by atoms with Crippen molar-refractivity contribution in [3.8, 4) is 11.5 Å². The van der Waals surface area contributed by atoms with Crippen LogP contribution in [-0.4, -0.2) is 80.0 Å². The van der Waals surface area contributed by atoms with Crippen molar-refractivity contribution < 1.29 is 38.4 Å². The van der Waals surface area contributed by atoms with E-state index in [1.807, 2.05) is 36.4 Å². The highest BCUT2D eigenvalue weighted by atomic mass is 16.5. The molecule has 5 aliphatic heterocycles. The number of carbonyl (C=O) groups excluding carboxylic acids is 2. The number of carboxylic acid groups (broad SMARTS) is 1. The molecule has 3 aromatic rings. The number of fused-ring (bicyclic) bond motifs is 2. The first kappa shape index (κ1) is 31.6. The van der Waals surface area contributed by atoms with E-state index in [4.69, 9.17) is 24.1 Å². The Balaban J connectivity index is 0.000000154. The van der Waals surface area contributed by atoms with Crippen LogP contribution in [-0.2, 0) is 19.7 Å². The van der Waals surface area contributed by atoms with Crippen LogP contribution >= 0.6 is 0 Å². The average Bonchev–Trinajstić information content (AvgIpc) is 3.59. The number of benzene rings is 3. The third-order valence-corrected chi connectivity index (χ3v) is 11.7. The number of hydrogen-bond acceptors (Lipinski definition) is 8. The van der Waals surface area contributed by atoms with Crippen molar-refractivity contribution in [2.24, 2.45) is 11.8 Å². The summed E-state index contributed by atoms with van der Waals surface area (Å²) in [5.41, 5.74) is 4.71. The monoisotopic (exact) mass is 664 g/mol. The smallest absolute Gasteiger partial charge is 0.339 e. The maximum absolute atomic E-state index is 13.5. The summed E-state index contributed by atoms with van der Waals surface area (Å²) in [5.74, 6) is 0.786. The fourth-order valence-electron chi connectivity index (χ4n) is 9.74. The van der Waals surface area contributed by atoms with Gasteiger partial charge in [-0.25, -0.2) is 9.59 Å². The lowest BCUT2D eigenvalue weighted by atomic mass is 9.53. The highest BCUT2D eigenvalue weighted by Gasteiger charge is 2.71. The number of nitrogens with zero attached hydrogens (tertiary/aromatic N) is 2.